The molecule has 3 atom stereocenters. The van der Waals surface area contributed by atoms with E-state index in [1.807, 2.05) is 6.92 Å². The van der Waals surface area contributed by atoms with Gasteiger partial charge in [-0.05, 0) is 38.0 Å². The fourth-order valence-corrected chi connectivity index (χ4v) is 3.32. The Hall–Kier alpha value is -1.10. The second kappa shape index (κ2) is 5.49. The van der Waals surface area contributed by atoms with Crippen LogP contribution in [0.3, 0.4) is 0 Å². The quantitative estimate of drug-likeness (QED) is 0.699. The van der Waals surface area contributed by atoms with E-state index in [1.54, 1.807) is 0 Å². The Morgan fingerprint density at radius 3 is 2.32 bits per heavy atom. The number of hydrogen-bond acceptors (Lipinski definition) is 3. The average Bonchev–Trinajstić information content (AvgIpc) is 2.78. The Kier molecular flexibility index (Phi) is 4.13. The van der Waals surface area contributed by atoms with E-state index in [1.165, 1.54) is 0 Å². The van der Waals surface area contributed by atoms with Crippen LogP contribution in [-0.4, -0.2) is 34.2 Å². The Morgan fingerprint density at radius 2 is 1.89 bits per heavy atom. The summed E-state index contributed by atoms with van der Waals surface area (Å²) in [4.78, 5) is 23.6. The van der Waals surface area contributed by atoms with Gasteiger partial charge in [0.05, 0.1) is 24.0 Å². The highest BCUT2D eigenvalue weighted by molar-refractivity contribution is 5.86. The number of aliphatic hydroxyl groups is 1. The van der Waals surface area contributed by atoms with Gasteiger partial charge in [-0.25, -0.2) is 0 Å². The normalized spacial score (nSPS) is 32.6. The van der Waals surface area contributed by atoms with Crippen molar-refractivity contribution in [3.63, 3.8) is 0 Å². The molecular weight excluding hydrogens is 246 g/mol. The number of aliphatic hydroxyl groups excluding tert-OH is 1. The number of carboxylic acids is 1. The van der Waals surface area contributed by atoms with Crippen molar-refractivity contribution < 1.29 is 19.8 Å². The fourth-order valence-electron chi connectivity index (χ4n) is 3.32. The third-order valence-electron chi connectivity index (χ3n) is 4.89. The van der Waals surface area contributed by atoms with Gasteiger partial charge in [-0.3, -0.25) is 9.59 Å². The van der Waals surface area contributed by atoms with E-state index in [0.717, 1.165) is 25.7 Å². The predicted octanol–water partition coefficient (Wildman–Crippen LogP) is 1.15. The van der Waals surface area contributed by atoms with Crippen LogP contribution in [0.2, 0.25) is 0 Å². The number of amides is 1. The second-order valence-corrected chi connectivity index (χ2v) is 6.08. The molecule has 0 aromatic rings. The van der Waals surface area contributed by atoms with E-state index in [-0.39, 0.29) is 12.5 Å². The zero-order chi connectivity index (χ0) is 14.0. The topological polar surface area (TPSA) is 86.6 Å². The first kappa shape index (κ1) is 14.3. The molecule has 2 rings (SSSR count). The van der Waals surface area contributed by atoms with Gasteiger partial charge in [0.25, 0.3) is 0 Å². The number of carbonyl (C=O) groups is 2. The van der Waals surface area contributed by atoms with Crippen LogP contribution < -0.4 is 5.32 Å². The number of rotatable bonds is 5. The maximum Gasteiger partial charge on any atom is 0.307 e. The number of nitrogens with one attached hydrogen (secondary N) is 1. The minimum absolute atomic E-state index is 0.0552. The van der Waals surface area contributed by atoms with Crippen LogP contribution >= 0.6 is 0 Å². The highest BCUT2D eigenvalue weighted by Crippen LogP contribution is 2.40. The van der Waals surface area contributed by atoms with Gasteiger partial charge < -0.3 is 15.5 Å². The average molecular weight is 269 g/mol. The van der Waals surface area contributed by atoms with Crippen molar-refractivity contribution in [2.75, 3.05) is 6.61 Å². The first-order valence-corrected chi connectivity index (χ1v) is 7.17. The lowest BCUT2D eigenvalue weighted by Crippen LogP contribution is -2.58. The van der Waals surface area contributed by atoms with Gasteiger partial charge in [0.15, 0.2) is 0 Å². The number of carboxylic acid groups (broad SMARTS) is 1. The highest BCUT2D eigenvalue weighted by atomic mass is 16.4. The zero-order valence-electron chi connectivity index (χ0n) is 11.4. The zero-order valence-corrected chi connectivity index (χ0v) is 11.4. The summed E-state index contributed by atoms with van der Waals surface area (Å²) in [5, 5.41) is 21.5. The van der Waals surface area contributed by atoms with Crippen molar-refractivity contribution in [1.29, 1.82) is 0 Å². The van der Waals surface area contributed by atoms with Gasteiger partial charge in [0.1, 0.15) is 0 Å². The van der Waals surface area contributed by atoms with Gasteiger partial charge in [-0.15, -0.1) is 0 Å². The van der Waals surface area contributed by atoms with Crippen molar-refractivity contribution in [1.82, 2.24) is 5.32 Å². The lowest BCUT2D eigenvalue weighted by molar-refractivity contribution is -0.147. The molecule has 0 aromatic heterocycles. The minimum atomic E-state index is -0.872. The summed E-state index contributed by atoms with van der Waals surface area (Å²) < 4.78 is 0. The number of aliphatic carboxylic acids is 1. The maximum absolute atomic E-state index is 12.3. The summed E-state index contributed by atoms with van der Waals surface area (Å²) in [5.74, 6) is -1.74. The summed E-state index contributed by atoms with van der Waals surface area (Å²) in [6.45, 7) is 1.98. The van der Waals surface area contributed by atoms with Crippen LogP contribution in [0.4, 0.5) is 0 Å². The molecule has 0 aliphatic heterocycles. The summed E-state index contributed by atoms with van der Waals surface area (Å²) in [6.07, 6.45) is 4.74. The second-order valence-electron chi connectivity index (χ2n) is 6.08. The van der Waals surface area contributed by atoms with Crippen LogP contribution in [0.1, 0.15) is 45.4 Å². The van der Waals surface area contributed by atoms with Gasteiger partial charge in [-0.2, -0.15) is 0 Å². The van der Waals surface area contributed by atoms with Gasteiger partial charge in [0.2, 0.25) is 5.91 Å². The largest absolute Gasteiger partial charge is 0.481 e. The Morgan fingerprint density at radius 1 is 1.26 bits per heavy atom. The molecule has 2 fully saturated rings. The molecule has 0 bridgehead atoms. The van der Waals surface area contributed by atoms with Crippen LogP contribution in [0.25, 0.3) is 0 Å². The Bertz CT molecular complexity index is 359. The van der Waals surface area contributed by atoms with Crippen molar-refractivity contribution >= 4 is 11.9 Å². The maximum atomic E-state index is 12.3. The monoisotopic (exact) mass is 269 g/mol. The summed E-state index contributed by atoms with van der Waals surface area (Å²) in [6, 6.07) is 0. The lowest BCUT2D eigenvalue weighted by atomic mass is 9.77. The molecule has 0 spiro atoms. The Labute approximate surface area is 113 Å². The lowest BCUT2D eigenvalue weighted by Gasteiger charge is -2.41. The number of carbonyl (C=O) groups excluding carboxylic acids is 1. The predicted molar refractivity (Wildman–Crippen MR) is 69.4 cm³/mol. The fraction of sp³-hybridized carbons (Fsp3) is 0.857. The van der Waals surface area contributed by atoms with Crippen LogP contribution in [0, 0.1) is 17.8 Å². The molecule has 3 unspecified atom stereocenters. The van der Waals surface area contributed by atoms with Crippen LogP contribution in [-0.2, 0) is 9.59 Å². The van der Waals surface area contributed by atoms with E-state index in [9.17, 15) is 19.8 Å². The molecule has 0 radical (unpaired) electrons. The molecule has 5 nitrogen and oxygen atoms in total. The first-order valence-electron chi connectivity index (χ1n) is 7.17. The smallest absolute Gasteiger partial charge is 0.307 e. The molecule has 0 heterocycles. The molecular formula is C14H23NO4. The molecule has 0 aromatic carbocycles. The van der Waals surface area contributed by atoms with E-state index in [4.69, 9.17) is 0 Å². The molecule has 2 aliphatic carbocycles. The van der Waals surface area contributed by atoms with Crippen LogP contribution in [0.15, 0.2) is 0 Å². The molecule has 2 saturated carbocycles. The van der Waals surface area contributed by atoms with Crippen molar-refractivity contribution in [3.8, 4) is 0 Å². The van der Waals surface area contributed by atoms with Crippen molar-refractivity contribution in [2.45, 2.75) is 51.0 Å². The SMILES string of the molecule is CCC1CC(C(=O)O)C(C(=O)NC2(CO)CCC2)C1. The van der Waals surface area contributed by atoms with E-state index < -0.39 is 23.3 Å². The van der Waals surface area contributed by atoms with Crippen molar-refractivity contribution in [2.24, 2.45) is 17.8 Å². The van der Waals surface area contributed by atoms with Crippen molar-refractivity contribution in [3.05, 3.63) is 0 Å². The summed E-state index contributed by atoms with van der Waals surface area (Å²) in [7, 11) is 0. The molecule has 5 heteroatoms. The highest BCUT2D eigenvalue weighted by Gasteiger charge is 2.45. The first-order chi connectivity index (χ1) is 9.01. The molecule has 3 N–H and O–H groups in total. The van der Waals surface area contributed by atoms with Crippen LogP contribution in [0.5, 0.6) is 0 Å². The van der Waals surface area contributed by atoms with Gasteiger partial charge >= 0.3 is 5.97 Å². The Balaban J connectivity index is 2.02. The van der Waals surface area contributed by atoms with E-state index >= 15 is 0 Å². The van der Waals surface area contributed by atoms with Gasteiger partial charge in [-0.1, -0.05) is 13.3 Å². The molecule has 19 heavy (non-hydrogen) atoms. The minimum Gasteiger partial charge on any atom is -0.481 e. The van der Waals surface area contributed by atoms with E-state index in [0.29, 0.717) is 18.8 Å². The van der Waals surface area contributed by atoms with Gasteiger partial charge in [0, 0.05) is 0 Å². The molecule has 0 saturated heterocycles. The molecule has 108 valence electrons. The number of hydrogen-bond donors (Lipinski definition) is 3. The molecule has 2 aliphatic rings. The van der Waals surface area contributed by atoms with E-state index in [2.05, 4.69) is 5.32 Å². The summed E-state index contributed by atoms with van der Waals surface area (Å²) in [5.41, 5.74) is -0.482. The summed E-state index contributed by atoms with van der Waals surface area (Å²) >= 11 is 0. The molecule has 1 amide bonds. The standard InChI is InChI=1S/C14H23NO4/c1-2-9-6-10(11(7-9)13(18)19)12(17)15-14(8-16)4-3-5-14/h9-11,16H,2-8H2,1H3,(H,15,17)(H,18,19). The third-order valence-corrected chi connectivity index (χ3v) is 4.89. The third kappa shape index (κ3) is 2.76.